The first-order chi connectivity index (χ1) is 14.5. The van der Waals surface area contributed by atoms with E-state index in [2.05, 4.69) is 29.6 Å². The van der Waals surface area contributed by atoms with Crippen molar-refractivity contribution in [3.63, 3.8) is 0 Å². The molecule has 3 atom stereocenters. The number of sulfonamides is 1. The lowest BCUT2D eigenvalue weighted by Crippen LogP contribution is -2.33. The molecule has 0 saturated carbocycles. The minimum Gasteiger partial charge on any atom is -0.378 e. The lowest BCUT2D eigenvalue weighted by atomic mass is 9.77. The second kappa shape index (κ2) is 8.03. The maximum Gasteiger partial charge on any atom is 0.243 e. The average Bonchev–Trinajstić information content (AvgIpc) is 3.08. The summed E-state index contributed by atoms with van der Waals surface area (Å²) in [6.45, 7) is 1.25. The predicted octanol–water partition coefficient (Wildman–Crippen LogP) is 5.73. The van der Waals surface area contributed by atoms with Crippen LogP contribution in [-0.2, 0) is 10.0 Å². The van der Waals surface area contributed by atoms with Crippen LogP contribution in [0.5, 0.6) is 0 Å². The summed E-state index contributed by atoms with van der Waals surface area (Å²) in [4.78, 5) is 0.425. The summed E-state index contributed by atoms with van der Waals surface area (Å²) in [6, 6.07) is 13.8. The summed E-state index contributed by atoms with van der Waals surface area (Å²) in [6.07, 6.45) is 9.57. The molecule has 30 heavy (non-hydrogen) atoms. The summed E-state index contributed by atoms with van der Waals surface area (Å²) < 4.78 is 28.3. The van der Waals surface area contributed by atoms with Gasteiger partial charge in [0, 0.05) is 29.7 Å². The van der Waals surface area contributed by atoms with E-state index in [1.54, 1.807) is 10.4 Å². The van der Waals surface area contributed by atoms with Crippen LogP contribution in [0.1, 0.15) is 55.2 Å². The van der Waals surface area contributed by atoms with Crippen molar-refractivity contribution < 1.29 is 8.42 Å². The lowest BCUT2D eigenvalue weighted by molar-refractivity contribution is 0.420. The molecule has 1 fully saturated rings. The Balaban J connectivity index is 1.49. The second-order valence-electron chi connectivity index (χ2n) is 8.59. The van der Waals surface area contributed by atoms with Gasteiger partial charge in [0.25, 0.3) is 0 Å². The third kappa shape index (κ3) is 3.57. The molecule has 2 aromatic rings. The van der Waals surface area contributed by atoms with Gasteiger partial charge in [0.15, 0.2) is 0 Å². The highest BCUT2D eigenvalue weighted by Crippen LogP contribution is 2.50. The fraction of sp³-hybridized carbons (Fsp3) is 0.417. The van der Waals surface area contributed by atoms with Gasteiger partial charge in [-0.15, -0.1) is 0 Å². The molecule has 3 aliphatic rings. The fourth-order valence-electron chi connectivity index (χ4n) is 5.16. The minimum atomic E-state index is -3.45. The third-order valence-corrected chi connectivity index (χ3v) is 8.91. The summed E-state index contributed by atoms with van der Waals surface area (Å²) in [5.74, 6) is 0.594. The fourth-order valence-corrected chi connectivity index (χ4v) is 6.84. The molecular weight excluding hydrogens is 416 g/mol. The quantitative estimate of drug-likeness (QED) is 0.617. The number of fused-ring (bicyclic) bond motifs is 3. The van der Waals surface area contributed by atoms with Crippen LogP contribution >= 0.6 is 11.6 Å². The molecule has 3 unspecified atom stereocenters. The summed E-state index contributed by atoms with van der Waals surface area (Å²) >= 11 is 6.08. The molecule has 1 saturated heterocycles. The zero-order chi connectivity index (χ0) is 20.7. The molecule has 158 valence electrons. The van der Waals surface area contributed by atoms with Crippen LogP contribution < -0.4 is 5.32 Å². The van der Waals surface area contributed by atoms with E-state index < -0.39 is 10.0 Å². The van der Waals surface area contributed by atoms with E-state index in [0.717, 1.165) is 48.4 Å². The van der Waals surface area contributed by atoms with Gasteiger partial charge in [0.1, 0.15) is 0 Å². The Bertz CT molecular complexity index is 1060. The maximum atomic E-state index is 13.3. The van der Waals surface area contributed by atoms with Gasteiger partial charge < -0.3 is 5.32 Å². The van der Waals surface area contributed by atoms with Gasteiger partial charge in [-0.2, -0.15) is 4.31 Å². The number of rotatable bonds is 3. The van der Waals surface area contributed by atoms with E-state index in [9.17, 15) is 8.42 Å². The van der Waals surface area contributed by atoms with Crippen LogP contribution in [0.25, 0.3) is 0 Å². The van der Waals surface area contributed by atoms with Gasteiger partial charge >= 0.3 is 0 Å². The number of nitrogens with one attached hydrogen (secondary N) is 1. The highest BCUT2D eigenvalue weighted by Gasteiger charge is 2.38. The van der Waals surface area contributed by atoms with E-state index in [1.165, 1.54) is 5.56 Å². The first-order valence-corrected chi connectivity index (χ1v) is 12.7. The minimum absolute atomic E-state index is 0.183. The molecule has 0 radical (unpaired) electrons. The van der Waals surface area contributed by atoms with Crippen molar-refractivity contribution in [1.29, 1.82) is 0 Å². The molecular formula is C24H27ClN2O2S. The SMILES string of the molecule is O=S(=O)(c1ccc2c(c1)C1C=CCC1C(c1ccc(Cl)cc1)N2)N1CCCCCC1. The zero-order valence-corrected chi connectivity index (χ0v) is 18.5. The Labute approximate surface area is 184 Å². The van der Waals surface area contributed by atoms with Crippen molar-refractivity contribution in [2.45, 2.75) is 49.0 Å². The van der Waals surface area contributed by atoms with Crippen LogP contribution in [0.2, 0.25) is 5.02 Å². The van der Waals surface area contributed by atoms with Crippen molar-refractivity contribution in [2.75, 3.05) is 18.4 Å². The van der Waals surface area contributed by atoms with Crippen molar-refractivity contribution in [3.05, 3.63) is 70.8 Å². The standard InChI is InChI=1S/C24H27ClN2O2S/c25-18-10-8-17(9-11-18)24-21-7-5-6-20(21)22-16-19(12-13-23(22)26-24)30(28,29)27-14-3-1-2-4-15-27/h5-6,8-13,16,20-21,24,26H,1-4,7,14-15H2. The Hall–Kier alpha value is -1.82. The van der Waals surface area contributed by atoms with Gasteiger partial charge in [0.2, 0.25) is 10.0 Å². The summed E-state index contributed by atoms with van der Waals surface area (Å²) in [5, 5.41) is 4.42. The second-order valence-corrected chi connectivity index (χ2v) is 11.0. The Morgan fingerprint density at radius 2 is 1.70 bits per heavy atom. The lowest BCUT2D eigenvalue weighted by Gasteiger charge is -2.38. The van der Waals surface area contributed by atoms with Crippen LogP contribution in [0.4, 0.5) is 5.69 Å². The van der Waals surface area contributed by atoms with Crippen molar-refractivity contribution in [1.82, 2.24) is 4.31 Å². The molecule has 6 heteroatoms. The number of hydrogen-bond donors (Lipinski definition) is 1. The first kappa shape index (κ1) is 20.1. The maximum absolute atomic E-state index is 13.3. The highest BCUT2D eigenvalue weighted by molar-refractivity contribution is 7.89. The predicted molar refractivity (Wildman–Crippen MR) is 121 cm³/mol. The number of nitrogens with zero attached hydrogens (tertiary/aromatic N) is 1. The number of anilines is 1. The Morgan fingerprint density at radius 1 is 0.967 bits per heavy atom. The third-order valence-electron chi connectivity index (χ3n) is 6.77. The normalized spacial score (nSPS) is 26.5. The molecule has 2 aromatic carbocycles. The molecule has 0 aromatic heterocycles. The van der Waals surface area contributed by atoms with Gasteiger partial charge in [-0.1, -0.05) is 48.7 Å². The van der Waals surface area contributed by atoms with E-state index in [-0.39, 0.29) is 12.0 Å². The number of allylic oxidation sites excluding steroid dienone is 2. The number of benzene rings is 2. The van der Waals surface area contributed by atoms with Crippen LogP contribution in [0, 0.1) is 5.92 Å². The van der Waals surface area contributed by atoms with Gasteiger partial charge in [-0.25, -0.2) is 8.42 Å². The largest absolute Gasteiger partial charge is 0.378 e. The van der Waals surface area contributed by atoms with Crippen LogP contribution in [-0.4, -0.2) is 25.8 Å². The first-order valence-electron chi connectivity index (χ1n) is 10.9. The van der Waals surface area contributed by atoms with E-state index in [1.807, 2.05) is 24.3 Å². The highest BCUT2D eigenvalue weighted by atomic mass is 35.5. The average molecular weight is 443 g/mol. The van der Waals surface area contributed by atoms with Crippen molar-refractivity contribution in [2.24, 2.45) is 5.92 Å². The molecule has 0 spiro atoms. The summed E-state index contributed by atoms with van der Waals surface area (Å²) in [7, 11) is -3.45. The van der Waals surface area contributed by atoms with Gasteiger partial charge in [-0.3, -0.25) is 0 Å². The smallest absolute Gasteiger partial charge is 0.243 e. The van der Waals surface area contributed by atoms with E-state index in [0.29, 0.717) is 23.9 Å². The number of hydrogen-bond acceptors (Lipinski definition) is 3. The Kier molecular flexibility index (Phi) is 5.38. The molecule has 0 amide bonds. The van der Waals surface area contributed by atoms with Gasteiger partial charge in [0.05, 0.1) is 10.9 Å². The molecule has 1 aliphatic carbocycles. The van der Waals surface area contributed by atoms with Crippen molar-refractivity contribution >= 4 is 27.3 Å². The van der Waals surface area contributed by atoms with E-state index in [4.69, 9.17) is 11.6 Å². The van der Waals surface area contributed by atoms with Crippen LogP contribution in [0.3, 0.4) is 0 Å². The molecule has 0 bridgehead atoms. The molecule has 5 rings (SSSR count). The summed E-state index contributed by atoms with van der Waals surface area (Å²) in [5.41, 5.74) is 3.33. The molecule has 2 heterocycles. The zero-order valence-electron chi connectivity index (χ0n) is 16.9. The molecule has 1 N–H and O–H groups in total. The topological polar surface area (TPSA) is 49.4 Å². The monoisotopic (exact) mass is 442 g/mol. The molecule has 2 aliphatic heterocycles. The van der Waals surface area contributed by atoms with Crippen molar-refractivity contribution in [3.8, 4) is 0 Å². The number of halogens is 1. The van der Waals surface area contributed by atoms with Crippen LogP contribution in [0.15, 0.2) is 59.5 Å². The molecule has 4 nitrogen and oxygen atoms in total. The Morgan fingerprint density at radius 3 is 2.43 bits per heavy atom. The van der Waals surface area contributed by atoms with E-state index >= 15 is 0 Å². The van der Waals surface area contributed by atoms with Gasteiger partial charge in [-0.05, 0) is 66.6 Å².